The Hall–Kier alpha value is -0.120. The third-order valence-corrected chi connectivity index (χ3v) is 6.38. The Kier molecular flexibility index (Phi) is 16.6. The summed E-state index contributed by atoms with van der Waals surface area (Å²) in [5.41, 5.74) is 0. The van der Waals surface area contributed by atoms with Gasteiger partial charge in [0.15, 0.2) is 0 Å². The van der Waals surface area contributed by atoms with E-state index in [9.17, 15) is 0 Å². The predicted molar refractivity (Wildman–Crippen MR) is 115 cm³/mol. The van der Waals surface area contributed by atoms with E-state index in [0.717, 1.165) is 37.6 Å². The van der Waals surface area contributed by atoms with Gasteiger partial charge in [0.1, 0.15) is 0 Å². The Morgan fingerprint density at radius 2 is 0.630 bits per heavy atom. The zero-order valence-corrected chi connectivity index (χ0v) is 18.7. The van der Waals surface area contributed by atoms with Gasteiger partial charge in [-0.2, -0.15) is 0 Å². The van der Waals surface area contributed by atoms with Crippen LogP contribution in [0.3, 0.4) is 0 Å². The highest BCUT2D eigenvalue weighted by Gasteiger charge is 2.13. The zero-order chi connectivity index (χ0) is 19.6. The summed E-state index contributed by atoms with van der Waals surface area (Å²) < 4.78 is 15.2. The number of hydrogen-bond acceptors (Lipinski definition) is 3. The van der Waals surface area contributed by atoms with Crippen LogP contribution in [0.5, 0.6) is 0 Å². The van der Waals surface area contributed by atoms with Crippen LogP contribution in [0.4, 0.5) is 0 Å². The van der Waals surface area contributed by atoms with Gasteiger partial charge in [0.2, 0.25) is 0 Å². The molecule has 0 aromatic rings. The van der Waals surface area contributed by atoms with E-state index in [4.69, 9.17) is 14.2 Å². The molecule has 0 aromatic carbocycles. The molecule has 3 aliphatic rings. The lowest BCUT2D eigenvalue weighted by Crippen LogP contribution is -2.11. The van der Waals surface area contributed by atoms with Gasteiger partial charge < -0.3 is 14.2 Å². The average molecular weight is 385 g/mol. The van der Waals surface area contributed by atoms with Crippen LogP contribution in [-0.4, -0.2) is 41.2 Å². The number of methoxy groups -OCH3 is 3. The van der Waals surface area contributed by atoms with Gasteiger partial charge in [-0.25, -0.2) is 0 Å². The molecule has 0 saturated heterocycles. The fraction of sp³-hybridized carbons (Fsp3) is 1.00. The van der Waals surface area contributed by atoms with Crippen LogP contribution in [0, 0.1) is 17.8 Å². The van der Waals surface area contributed by atoms with Gasteiger partial charge >= 0.3 is 0 Å². The topological polar surface area (TPSA) is 27.7 Å². The first-order chi connectivity index (χ1) is 13.3. The van der Waals surface area contributed by atoms with E-state index in [0.29, 0.717) is 0 Å². The molecule has 0 unspecified atom stereocenters. The predicted octanol–water partition coefficient (Wildman–Crippen LogP) is 6.64. The standard InChI is InChI=1S/C9H18O.C8H16O.C7H14O/c1-10-8-9-6-4-2-3-5-7-9;1-9-7-8-5-3-2-4-6-8;1-8-6-7-4-2-3-5-7/h9H,2-8H2,1H3;8H,2-7H2,1H3;7H,2-6H2,1H3. The highest BCUT2D eigenvalue weighted by atomic mass is 16.5. The van der Waals surface area contributed by atoms with E-state index in [1.165, 1.54) is 96.3 Å². The monoisotopic (exact) mass is 384 g/mol. The number of ether oxygens (including phenoxy) is 3. The fourth-order valence-corrected chi connectivity index (χ4v) is 4.77. The summed E-state index contributed by atoms with van der Waals surface area (Å²) in [6.07, 6.45) is 21.3. The van der Waals surface area contributed by atoms with E-state index < -0.39 is 0 Å². The van der Waals surface area contributed by atoms with Crippen molar-refractivity contribution >= 4 is 0 Å². The van der Waals surface area contributed by atoms with Gasteiger partial charge in [-0.1, -0.05) is 57.8 Å². The van der Waals surface area contributed by atoms with Crippen molar-refractivity contribution in [3.63, 3.8) is 0 Å². The molecule has 0 bridgehead atoms. The zero-order valence-electron chi connectivity index (χ0n) is 18.7. The molecule has 0 heterocycles. The summed E-state index contributed by atoms with van der Waals surface area (Å²) in [5.74, 6) is 2.64. The number of rotatable bonds is 6. The third-order valence-electron chi connectivity index (χ3n) is 6.38. The largest absolute Gasteiger partial charge is 0.384 e. The fourth-order valence-electron chi connectivity index (χ4n) is 4.77. The molecule has 3 rings (SSSR count). The van der Waals surface area contributed by atoms with Crippen molar-refractivity contribution in [3.8, 4) is 0 Å². The average Bonchev–Trinajstić information content (AvgIpc) is 3.07. The van der Waals surface area contributed by atoms with Gasteiger partial charge in [-0.05, 0) is 56.3 Å². The van der Waals surface area contributed by atoms with Crippen molar-refractivity contribution < 1.29 is 14.2 Å². The van der Waals surface area contributed by atoms with Gasteiger partial charge in [0.05, 0.1) is 0 Å². The Bertz CT molecular complexity index is 285. The van der Waals surface area contributed by atoms with Crippen molar-refractivity contribution in [1.82, 2.24) is 0 Å². The molecule has 0 aromatic heterocycles. The van der Waals surface area contributed by atoms with Crippen molar-refractivity contribution in [1.29, 1.82) is 0 Å². The highest BCUT2D eigenvalue weighted by molar-refractivity contribution is 4.66. The molecular weight excluding hydrogens is 336 g/mol. The molecule has 27 heavy (non-hydrogen) atoms. The van der Waals surface area contributed by atoms with Gasteiger partial charge in [0.25, 0.3) is 0 Å². The first-order valence-corrected chi connectivity index (χ1v) is 11.8. The quantitative estimate of drug-likeness (QED) is 0.480. The van der Waals surface area contributed by atoms with E-state index in [-0.39, 0.29) is 0 Å². The molecule has 0 atom stereocenters. The summed E-state index contributed by atoms with van der Waals surface area (Å²) in [5, 5.41) is 0. The van der Waals surface area contributed by atoms with Crippen LogP contribution in [0.15, 0.2) is 0 Å². The van der Waals surface area contributed by atoms with Crippen LogP contribution in [-0.2, 0) is 14.2 Å². The van der Waals surface area contributed by atoms with E-state index in [1.807, 2.05) is 7.11 Å². The van der Waals surface area contributed by atoms with Gasteiger partial charge in [-0.3, -0.25) is 0 Å². The Morgan fingerprint density at radius 3 is 0.889 bits per heavy atom. The van der Waals surface area contributed by atoms with Crippen LogP contribution < -0.4 is 0 Å². The van der Waals surface area contributed by atoms with E-state index in [1.54, 1.807) is 14.2 Å². The molecule has 162 valence electrons. The first kappa shape index (κ1) is 24.9. The van der Waals surface area contributed by atoms with Gasteiger partial charge in [0, 0.05) is 41.2 Å². The number of hydrogen-bond donors (Lipinski definition) is 0. The van der Waals surface area contributed by atoms with Crippen molar-refractivity contribution in [2.45, 2.75) is 96.3 Å². The molecule has 0 spiro atoms. The normalized spacial score (nSPS) is 22.3. The molecule has 3 heteroatoms. The molecule has 3 saturated carbocycles. The summed E-state index contributed by atoms with van der Waals surface area (Å²) in [6.45, 7) is 2.96. The maximum Gasteiger partial charge on any atom is 0.0490 e. The Labute approximate surface area is 169 Å². The molecule has 3 nitrogen and oxygen atoms in total. The second-order valence-electron chi connectivity index (χ2n) is 8.88. The van der Waals surface area contributed by atoms with Crippen LogP contribution >= 0.6 is 0 Å². The van der Waals surface area contributed by atoms with E-state index >= 15 is 0 Å². The van der Waals surface area contributed by atoms with Gasteiger partial charge in [-0.15, -0.1) is 0 Å². The summed E-state index contributed by atoms with van der Waals surface area (Å²) in [6, 6.07) is 0. The first-order valence-electron chi connectivity index (χ1n) is 11.8. The molecule has 3 aliphatic carbocycles. The molecular formula is C24H48O3. The lowest BCUT2D eigenvalue weighted by molar-refractivity contribution is 0.131. The molecule has 0 amide bonds. The van der Waals surface area contributed by atoms with Crippen LogP contribution in [0.1, 0.15) is 96.3 Å². The lowest BCUT2D eigenvalue weighted by Gasteiger charge is -2.19. The smallest absolute Gasteiger partial charge is 0.0490 e. The van der Waals surface area contributed by atoms with E-state index in [2.05, 4.69) is 0 Å². The minimum Gasteiger partial charge on any atom is -0.384 e. The summed E-state index contributed by atoms with van der Waals surface area (Å²) >= 11 is 0. The minimum absolute atomic E-state index is 0.868. The minimum atomic E-state index is 0.868. The SMILES string of the molecule is COCC1CCCC1.COCC1CCCCC1.COCC1CCCCCC1. The van der Waals surface area contributed by atoms with Crippen LogP contribution in [0.25, 0.3) is 0 Å². The Morgan fingerprint density at radius 1 is 0.407 bits per heavy atom. The van der Waals surface area contributed by atoms with Crippen molar-refractivity contribution in [2.75, 3.05) is 41.2 Å². The lowest BCUT2D eigenvalue weighted by atomic mass is 9.90. The molecule has 0 aliphatic heterocycles. The van der Waals surface area contributed by atoms with Crippen molar-refractivity contribution in [2.24, 2.45) is 17.8 Å². The van der Waals surface area contributed by atoms with Crippen LogP contribution in [0.2, 0.25) is 0 Å². The van der Waals surface area contributed by atoms with Crippen molar-refractivity contribution in [3.05, 3.63) is 0 Å². The Balaban J connectivity index is 0.000000204. The maximum atomic E-state index is 5.14. The molecule has 0 radical (unpaired) electrons. The third kappa shape index (κ3) is 13.7. The molecule has 0 N–H and O–H groups in total. The molecule has 3 fully saturated rings. The second kappa shape index (κ2) is 17.9. The second-order valence-corrected chi connectivity index (χ2v) is 8.88. The summed E-state index contributed by atoms with van der Waals surface area (Å²) in [4.78, 5) is 0. The summed E-state index contributed by atoms with van der Waals surface area (Å²) in [7, 11) is 5.40. The highest BCUT2D eigenvalue weighted by Crippen LogP contribution is 2.24. The maximum absolute atomic E-state index is 5.14.